The molecule has 1 N–H and O–H groups in total. The lowest BCUT2D eigenvalue weighted by Crippen LogP contribution is -2.03. The Hall–Kier alpha value is -1.38. The molecular weight excluding hydrogens is 140 g/mol. The minimum Gasteiger partial charge on any atom is -0.324 e. The van der Waals surface area contributed by atoms with Gasteiger partial charge in [0.15, 0.2) is 0 Å². The molecule has 56 valence electrons. The Kier molecular flexibility index (Phi) is 1.18. The lowest BCUT2D eigenvalue weighted by molar-refractivity contribution is -0.115. The van der Waals surface area contributed by atoms with Crippen molar-refractivity contribution >= 4 is 11.6 Å². The second kappa shape index (κ2) is 2.05. The Morgan fingerprint density at radius 1 is 1.55 bits per heavy atom. The Balaban J connectivity index is 2.57. The first-order chi connectivity index (χ1) is 5.27. The van der Waals surface area contributed by atoms with Crippen molar-refractivity contribution in [3.05, 3.63) is 23.5 Å². The number of carbonyl (C=O) groups excluding carboxylic acids is 1. The lowest BCUT2D eigenvalue weighted by atomic mass is 10.1. The van der Waals surface area contributed by atoms with E-state index >= 15 is 0 Å². The van der Waals surface area contributed by atoms with Crippen molar-refractivity contribution in [2.45, 2.75) is 13.3 Å². The van der Waals surface area contributed by atoms with Crippen LogP contribution in [0.25, 0.3) is 0 Å². The second-order valence-electron chi connectivity index (χ2n) is 2.71. The maximum atomic E-state index is 10.9. The molecular formula is C8H8N2O. The molecule has 0 fully saturated rings. The van der Waals surface area contributed by atoms with Gasteiger partial charge in [0.25, 0.3) is 0 Å². The molecule has 1 aromatic rings. The SMILES string of the molecule is Cc1cncc2c1CC(=O)N2. The molecule has 0 bridgehead atoms. The van der Waals surface area contributed by atoms with E-state index < -0.39 is 0 Å². The molecule has 3 nitrogen and oxygen atoms in total. The van der Waals surface area contributed by atoms with E-state index in [1.165, 1.54) is 0 Å². The predicted octanol–water partition coefficient (Wildman–Crippen LogP) is 0.885. The lowest BCUT2D eigenvalue weighted by Gasteiger charge is -1.98. The van der Waals surface area contributed by atoms with E-state index in [0.717, 1.165) is 16.8 Å². The number of rotatable bonds is 0. The van der Waals surface area contributed by atoms with Crippen molar-refractivity contribution in [2.24, 2.45) is 0 Å². The van der Waals surface area contributed by atoms with Gasteiger partial charge < -0.3 is 5.32 Å². The molecule has 3 heteroatoms. The summed E-state index contributed by atoms with van der Waals surface area (Å²) in [6, 6.07) is 0. The second-order valence-corrected chi connectivity index (χ2v) is 2.71. The zero-order valence-electron chi connectivity index (χ0n) is 6.22. The highest BCUT2D eigenvalue weighted by Gasteiger charge is 2.18. The van der Waals surface area contributed by atoms with Crippen LogP contribution in [-0.2, 0) is 11.2 Å². The molecule has 0 aliphatic carbocycles. The fraction of sp³-hybridized carbons (Fsp3) is 0.250. The van der Waals surface area contributed by atoms with Gasteiger partial charge in [-0.25, -0.2) is 0 Å². The van der Waals surface area contributed by atoms with Crippen LogP contribution in [0.2, 0.25) is 0 Å². The molecule has 2 rings (SSSR count). The maximum absolute atomic E-state index is 10.9. The first-order valence-corrected chi connectivity index (χ1v) is 3.50. The smallest absolute Gasteiger partial charge is 0.228 e. The predicted molar refractivity (Wildman–Crippen MR) is 41.3 cm³/mol. The first kappa shape index (κ1) is 6.34. The van der Waals surface area contributed by atoms with Gasteiger partial charge >= 0.3 is 0 Å². The number of hydrogen-bond donors (Lipinski definition) is 1. The highest BCUT2D eigenvalue weighted by Crippen LogP contribution is 2.23. The number of pyridine rings is 1. The van der Waals surface area contributed by atoms with E-state index in [1.807, 2.05) is 6.92 Å². The number of carbonyl (C=O) groups is 1. The number of aromatic nitrogens is 1. The minimum atomic E-state index is 0.0658. The normalized spacial score (nSPS) is 14.5. The zero-order chi connectivity index (χ0) is 7.84. The minimum absolute atomic E-state index is 0.0658. The molecule has 0 radical (unpaired) electrons. The third kappa shape index (κ3) is 0.888. The molecule has 1 aromatic heterocycles. The van der Waals surface area contributed by atoms with Crippen LogP contribution in [0.1, 0.15) is 11.1 Å². The molecule has 0 atom stereocenters. The van der Waals surface area contributed by atoms with Crippen LogP contribution in [0.4, 0.5) is 5.69 Å². The summed E-state index contributed by atoms with van der Waals surface area (Å²) in [4.78, 5) is 14.9. The maximum Gasteiger partial charge on any atom is 0.228 e. The summed E-state index contributed by atoms with van der Waals surface area (Å²) < 4.78 is 0. The van der Waals surface area contributed by atoms with Crippen LogP contribution in [0.15, 0.2) is 12.4 Å². The van der Waals surface area contributed by atoms with Crippen LogP contribution < -0.4 is 5.32 Å². The Labute approximate surface area is 64.5 Å². The van der Waals surface area contributed by atoms with Gasteiger partial charge in [-0.3, -0.25) is 9.78 Å². The van der Waals surface area contributed by atoms with Crippen molar-refractivity contribution in [1.82, 2.24) is 4.98 Å². The number of amides is 1. The van der Waals surface area contributed by atoms with Gasteiger partial charge in [-0.15, -0.1) is 0 Å². The quantitative estimate of drug-likeness (QED) is 0.593. The summed E-state index contributed by atoms with van der Waals surface area (Å²) in [6.07, 6.45) is 3.97. The summed E-state index contributed by atoms with van der Waals surface area (Å²) in [6.45, 7) is 1.96. The summed E-state index contributed by atoms with van der Waals surface area (Å²) in [5, 5.41) is 2.74. The molecule has 2 heterocycles. The first-order valence-electron chi connectivity index (χ1n) is 3.50. The Morgan fingerprint density at radius 3 is 3.09 bits per heavy atom. The van der Waals surface area contributed by atoms with E-state index in [4.69, 9.17) is 0 Å². The largest absolute Gasteiger partial charge is 0.324 e. The van der Waals surface area contributed by atoms with Gasteiger partial charge in [0.1, 0.15) is 0 Å². The average molecular weight is 148 g/mol. The molecule has 0 saturated heterocycles. The zero-order valence-corrected chi connectivity index (χ0v) is 6.22. The fourth-order valence-electron chi connectivity index (χ4n) is 1.29. The van der Waals surface area contributed by atoms with Crippen molar-refractivity contribution in [2.75, 3.05) is 5.32 Å². The van der Waals surface area contributed by atoms with E-state index in [1.54, 1.807) is 12.4 Å². The molecule has 0 unspecified atom stereocenters. The summed E-state index contributed by atoms with van der Waals surface area (Å²) in [5.41, 5.74) is 3.04. The monoisotopic (exact) mass is 148 g/mol. The van der Waals surface area contributed by atoms with Gasteiger partial charge in [0.2, 0.25) is 5.91 Å². The number of nitrogens with zero attached hydrogens (tertiary/aromatic N) is 1. The standard InChI is InChI=1S/C8H8N2O/c1-5-3-9-4-7-6(5)2-8(11)10-7/h3-4H,2H2,1H3,(H,10,11). The van der Waals surface area contributed by atoms with Gasteiger partial charge in [0.05, 0.1) is 18.3 Å². The molecule has 1 aliphatic heterocycles. The number of nitrogens with one attached hydrogen (secondary N) is 1. The van der Waals surface area contributed by atoms with E-state index in [2.05, 4.69) is 10.3 Å². The van der Waals surface area contributed by atoms with Crippen molar-refractivity contribution in [3.8, 4) is 0 Å². The van der Waals surface area contributed by atoms with E-state index in [9.17, 15) is 4.79 Å². The van der Waals surface area contributed by atoms with Gasteiger partial charge in [0, 0.05) is 6.20 Å². The summed E-state index contributed by atoms with van der Waals surface area (Å²) in [7, 11) is 0. The van der Waals surface area contributed by atoms with Gasteiger partial charge in [-0.05, 0) is 18.1 Å². The van der Waals surface area contributed by atoms with Crippen LogP contribution in [0.3, 0.4) is 0 Å². The highest BCUT2D eigenvalue weighted by molar-refractivity contribution is 5.99. The van der Waals surface area contributed by atoms with E-state index in [0.29, 0.717) is 6.42 Å². The molecule has 0 saturated carbocycles. The molecule has 0 aromatic carbocycles. The van der Waals surface area contributed by atoms with Crippen molar-refractivity contribution in [1.29, 1.82) is 0 Å². The van der Waals surface area contributed by atoms with Gasteiger partial charge in [-0.1, -0.05) is 0 Å². The third-order valence-electron chi connectivity index (χ3n) is 1.88. The third-order valence-corrected chi connectivity index (χ3v) is 1.88. The van der Waals surface area contributed by atoms with Crippen molar-refractivity contribution < 1.29 is 4.79 Å². The number of fused-ring (bicyclic) bond motifs is 1. The topological polar surface area (TPSA) is 42.0 Å². The van der Waals surface area contributed by atoms with Crippen molar-refractivity contribution in [3.63, 3.8) is 0 Å². The van der Waals surface area contributed by atoms with Crippen LogP contribution in [0, 0.1) is 6.92 Å². The van der Waals surface area contributed by atoms with Crippen LogP contribution in [0.5, 0.6) is 0 Å². The number of aryl methyl sites for hydroxylation is 1. The average Bonchev–Trinajstić information content (AvgIpc) is 2.31. The Morgan fingerprint density at radius 2 is 2.36 bits per heavy atom. The fourth-order valence-corrected chi connectivity index (χ4v) is 1.29. The number of hydrogen-bond acceptors (Lipinski definition) is 2. The molecule has 1 amide bonds. The van der Waals surface area contributed by atoms with Crippen LogP contribution >= 0.6 is 0 Å². The molecule has 11 heavy (non-hydrogen) atoms. The van der Waals surface area contributed by atoms with Gasteiger partial charge in [-0.2, -0.15) is 0 Å². The van der Waals surface area contributed by atoms with E-state index in [-0.39, 0.29) is 5.91 Å². The summed E-state index contributed by atoms with van der Waals surface area (Å²) in [5.74, 6) is 0.0658. The van der Waals surface area contributed by atoms with Crippen LogP contribution in [-0.4, -0.2) is 10.9 Å². The molecule has 1 aliphatic rings. The molecule has 0 spiro atoms. The Bertz CT molecular complexity index is 320. The number of anilines is 1. The highest BCUT2D eigenvalue weighted by atomic mass is 16.1. The summed E-state index contributed by atoms with van der Waals surface area (Å²) >= 11 is 0.